The van der Waals surface area contributed by atoms with Gasteiger partial charge in [0.25, 0.3) is 0 Å². The van der Waals surface area contributed by atoms with Gasteiger partial charge in [-0.15, -0.1) is 0 Å². The number of carbonyl (C=O) groups is 1. The van der Waals surface area contributed by atoms with Gasteiger partial charge in [0, 0.05) is 26.2 Å². The largest absolute Gasteiger partial charge is 0.336 e. The van der Waals surface area contributed by atoms with Crippen LogP contribution in [-0.4, -0.2) is 49.1 Å². The zero-order valence-electron chi connectivity index (χ0n) is 6.13. The smallest absolute Gasteiger partial charge is 0.321 e. The molecule has 10 heavy (non-hydrogen) atoms. The van der Waals surface area contributed by atoms with E-state index < -0.39 is 6.03 Å². The molecule has 0 aromatic rings. The molecule has 57 valence electrons. The van der Waals surface area contributed by atoms with E-state index in [1.165, 1.54) is 0 Å². The van der Waals surface area contributed by atoms with Crippen molar-refractivity contribution in [1.29, 1.82) is 0 Å². The fraction of sp³-hybridized carbons (Fsp3) is 0.833. The molecular weight excluding hydrogens is 130 g/mol. The summed E-state index contributed by atoms with van der Waals surface area (Å²) >= 11 is 0. The number of likely N-dealkylation sites (N-methyl/N-ethyl adjacent to an activating group) is 1. The molecule has 0 aliphatic carbocycles. The van der Waals surface area contributed by atoms with E-state index in [4.69, 9.17) is 5.73 Å². The summed E-state index contributed by atoms with van der Waals surface area (Å²) in [4.78, 5) is 14.2. The summed E-state index contributed by atoms with van der Waals surface area (Å²) in [7, 11) is 2.02. The number of urea groups is 1. The van der Waals surface area contributed by atoms with Crippen LogP contribution in [0, 0.1) is 0 Å². The first-order valence-electron chi connectivity index (χ1n) is 3.39. The first-order valence-corrected chi connectivity index (χ1v) is 3.39. The average molecular weight is 142 g/mol. The van der Waals surface area contributed by atoms with Crippen molar-refractivity contribution in [2.75, 3.05) is 33.2 Å². The van der Waals surface area contributed by atoms with Crippen molar-refractivity contribution in [3.8, 4) is 0 Å². The molecule has 1 saturated heterocycles. The Morgan fingerprint density at radius 3 is 2.20 bits per heavy atom. The van der Waals surface area contributed by atoms with Crippen LogP contribution in [0.2, 0.25) is 0 Å². The highest BCUT2D eigenvalue weighted by atomic mass is 16.2. The van der Waals surface area contributed by atoms with Gasteiger partial charge >= 0.3 is 6.03 Å². The Morgan fingerprint density at radius 1 is 1.30 bits per heavy atom. The third kappa shape index (κ3) is 1.60. The third-order valence-electron chi connectivity index (χ3n) is 1.79. The molecule has 1 fully saturated rings. The first kappa shape index (κ1) is 7.34. The molecule has 1 N–H and O–H groups in total. The summed E-state index contributed by atoms with van der Waals surface area (Å²) in [6.45, 7) is 3.20. The van der Waals surface area contributed by atoms with Crippen LogP contribution >= 0.6 is 0 Å². The minimum absolute atomic E-state index is 0.548. The molecule has 4 nitrogen and oxygen atoms in total. The number of hydrogen-bond acceptors (Lipinski definition) is 2. The van der Waals surface area contributed by atoms with Gasteiger partial charge in [-0.2, -0.15) is 0 Å². The maximum absolute atomic E-state index is 10.5. The van der Waals surface area contributed by atoms with Gasteiger partial charge < -0.3 is 9.80 Å². The maximum Gasteiger partial charge on any atom is 0.336 e. The van der Waals surface area contributed by atoms with Crippen LogP contribution in [-0.2, 0) is 0 Å². The van der Waals surface area contributed by atoms with Crippen LogP contribution in [0.5, 0.6) is 0 Å². The van der Waals surface area contributed by atoms with Crippen LogP contribution in [0.3, 0.4) is 0 Å². The van der Waals surface area contributed by atoms with Crippen molar-refractivity contribution in [2.45, 2.75) is 0 Å². The lowest BCUT2D eigenvalue weighted by Crippen LogP contribution is -2.46. The summed E-state index contributed by atoms with van der Waals surface area (Å²) < 4.78 is 0. The number of nitrogens with zero attached hydrogens (tertiary/aromatic N) is 2. The molecular formula is C6H12N3O. The number of rotatable bonds is 0. The highest BCUT2D eigenvalue weighted by Gasteiger charge is 2.16. The van der Waals surface area contributed by atoms with Crippen molar-refractivity contribution in [2.24, 2.45) is 0 Å². The van der Waals surface area contributed by atoms with E-state index in [0.29, 0.717) is 13.1 Å². The second kappa shape index (κ2) is 2.88. The molecule has 0 unspecified atom stereocenters. The van der Waals surface area contributed by atoms with Gasteiger partial charge in [0.1, 0.15) is 0 Å². The van der Waals surface area contributed by atoms with E-state index in [1.807, 2.05) is 7.05 Å². The molecule has 0 saturated carbocycles. The summed E-state index contributed by atoms with van der Waals surface area (Å²) in [5.74, 6) is 0. The number of carbonyl (C=O) groups excluding carboxylic acids is 1. The second-order valence-corrected chi connectivity index (χ2v) is 2.60. The van der Waals surface area contributed by atoms with Gasteiger partial charge in [-0.25, -0.2) is 10.5 Å². The Kier molecular flexibility index (Phi) is 2.11. The molecule has 0 atom stereocenters. The van der Waals surface area contributed by atoms with E-state index in [2.05, 4.69) is 4.90 Å². The molecule has 2 amide bonds. The Balaban J connectivity index is 2.33. The zero-order chi connectivity index (χ0) is 7.56. The minimum atomic E-state index is -0.548. The molecule has 1 aliphatic rings. The molecule has 0 aromatic carbocycles. The van der Waals surface area contributed by atoms with E-state index >= 15 is 0 Å². The molecule has 1 heterocycles. The van der Waals surface area contributed by atoms with Crippen molar-refractivity contribution in [3.05, 3.63) is 0 Å². The highest BCUT2D eigenvalue weighted by Crippen LogP contribution is 1.97. The Hall–Kier alpha value is -0.770. The average Bonchev–Trinajstić information content (AvgIpc) is 1.88. The number of hydrogen-bond donors (Lipinski definition) is 0. The van der Waals surface area contributed by atoms with Crippen molar-refractivity contribution in [3.63, 3.8) is 0 Å². The summed E-state index contributed by atoms with van der Waals surface area (Å²) in [5, 5.41) is 0. The molecule has 0 bridgehead atoms. The predicted molar refractivity (Wildman–Crippen MR) is 37.6 cm³/mol. The van der Waals surface area contributed by atoms with Crippen LogP contribution in [0.1, 0.15) is 0 Å². The highest BCUT2D eigenvalue weighted by molar-refractivity contribution is 5.71. The van der Waals surface area contributed by atoms with Crippen molar-refractivity contribution < 1.29 is 4.79 Å². The molecule has 1 radical (unpaired) electrons. The van der Waals surface area contributed by atoms with Crippen LogP contribution in [0.4, 0.5) is 4.79 Å². The zero-order valence-corrected chi connectivity index (χ0v) is 6.13. The monoisotopic (exact) mass is 142 g/mol. The van der Waals surface area contributed by atoms with E-state index in [-0.39, 0.29) is 0 Å². The lowest BCUT2D eigenvalue weighted by atomic mass is 10.3. The fourth-order valence-corrected chi connectivity index (χ4v) is 1.01. The van der Waals surface area contributed by atoms with Gasteiger partial charge in [0.2, 0.25) is 0 Å². The third-order valence-corrected chi connectivity index (χ3v) is 1.79. The topological polar surface area (TPSA) is 47.4 Å². The van der Waals surface area contributed by atoms with Gasteiger partial charge in [-0.3, -0.25) is 0 Å². The van der Waals surface area contributed by atoms with E-state index in [9.17, 15) is 4.79 Å². The summed E-state index contributed by atoms with van der Waals surface area (Å²) in [5.41, 5.74) is 6.81. The Bertz CT molecular complexity index is 129. The lowest BCUT2D eigenvalue weighted by Gasteiger charge is -2.30. The predicted octanol–water partition coefficient (Wildman–Crippen LogP) is -0.363. The molecule has 1 rings (SSSR count). The number of piperazine rings is 1. The minimum Gasteiger partial charge on any atom is -0.321 e. The first-order chi connectivity index (χ1) is 4.70. The number of amides is 2. The van der Waals surface area contributed by atoms with Crippen molar-refractivity contribution in [1.82, 2.24) is 15.5 Å². The Labute approximate surface area is 60.6 Å². The Morgan fingerprint density at radius 2 is 1.80 bits per heavy atom. The van der Waals surface area contributed by atoms with Gasteiger partial charge in [-0.1, -0.05) is 0 Å². The second-order valence-electron chi connectivity index (χ2n) is 2.60. The number of nitrogens with one attached hydrogen (secondary N) is 1. The van der Waals surface area contributed by atoms with Crippen molar-refractivity contribution >= 4 is 6.03 Å². The van der Waals surface area contributed by atoms with E-state index in [0.717, 1.165) is 13.1 Å². The van der Waals surface area contributed by atoms with Crippen LogP contribution in [0.25, 0.3) is 0 Å². The van der Waals surface area contributed by atoms with Gasteiger partial charge in [-0.05, 0) is 7.05 Å². The lowest BCUT2D eigenvalue weighted by molar-refractivity contribution is 0.160. The summed E-state index contributed by atoms with van der Waals surface area (Å²) in [6.07, 6.45) is 0. The molecule has 4 heteroatoms. The van der Waals surface area contributed by atoms with Crippen LogP contribution < -0.4 is 5.73 Å². The standard InChI is InChI=1S/C6H12N3O/c1-8-2-4-9(5-3-8)6(7)10/h7H,2-5H2,1H3. The SMILES string of the molecule is CN1CCN(C([NH])=O)CC1. The normalized spacial score (nSPS) is 21.1. The molecule has 0 spiro atoms. The molecule has 1 aliphatic heterocycles. The summed E-state index contributed by atoms with van der Waals surface area (Å²) in [6, 6.07) is -0.548. The van der Waals surface area contributed by atoms with E-state index in [1.54, 1.807) is 4.90 Å². The fourth-order valence-electron chi connectivity index (χ4n) is 1.01. The van der Waals surface area contributed by atoms with Gasteiger partial charge in [0.15, 0.2) is 0 Å². The van der Waals surface area contributed by atoms with Gasteiger partial charge in [0.05, 0.1) is 0 Å². The maximum atomic E-state index is 10.5. The van der Waals surface area contributed by atoms with Crippen LogP contribution in [0.15, 0.2) is 0 Å². The quantitative estimate of drug-likeness (QED) is 0.463. The molecule has 0 aromatic heterocycles.